The largest absolute Gasteiger partial charge is 0.257 e. The molecule has 1 saturated carbocycles. The van der Waals surface area contributed by atoms with Crippen LogP contribution >= 0.6 is 0 Å². The van der Waals surface area contributed by atoms with E-state index >= 15 is 0 Å². The van der Waals surface area contributed by atoms with E-state index < -0.39 is 0 Å². The maximum Gasteiger partial charge on any atom is 0.0702 e. The van der Waals surface area contributed by atoms with Gasteiger partial charge in [-0.05, 0) is 48.2 Å². The van der Waals surface area contributed by atoms with Crippen LogP contribution in [0, 0.1) is 0 Å². The first-order chi connectivity index (χ1) is 10.9. The van der Waals surface area contributed by atoms with Crippen molar-refractivity contribution in [2.75, 3.05) is 0 Å². The van der Waals surface area contributed by atoms with Crippen LogP contribution in [-0.2, 0) is 6.42 Å². The van der Waals surface area contributed by atoms with Gasteiger partial charge in [-0.2, -0.15) is 0 Å². The number of rotatable bonds is 2. The highest BCUT2D eigenvalue weighted by Gasteiger charge is 2.26. The molecule has 1 fully saturated rings. The molecule has 22 heavy (non-hydrogen) atoms. The molecule has 0 amide bonds. The highest BCUT2D eigenvalue weighted by molar-refractivity contribution is 5.89. The molecule has 3 aromatic rings. The van der Waals surface area contributed by atoms with E-state index in [0.717, 1.165) is 17.9 Å². The van der Waals surface area contributed by atoms with Gasteiger partial charge in [0.25, 0.3) is 0 Å². The van der Waals surface area contributed by atoms with E-state index in [2.05, 4.69) is 47.5 Å². The predicted molar refractivity (Wildman–Crippen MR) is 88.7 cm³/mol. The molecule has 2 nitrogen and oxygen atoms in total. The first-order valence-electron chi connectivity index (χ1n) is 7.94. The van der Waals surface area contributed by atoms with E-state index in [9.17, 15) is 0 Å². The average molecular weight is 284 g/mol. The van der Waals surface area contributed by atoms with Crippen LogP contribution in [0.1, 0.15) is 41.3 Å². The van der Waals surface area contributed by atoms with Gasteiger partial charge in [0.15, 0.2) is 0 Å². The Balaban J connectivity index is 1.58. The summed E-state index contributed by atoms with van der Waals surface area (Å²) in [5.74, 6) is 0.723. The topological polar surface area (TPSA) is 25.8 Å². The molecule has 0 aliphatic heterocycles. The van der Waals surface area contributed by atoms with Crippen molar-refractivity contribution in [2.24, 2.45) is 0 Å². The lowest BCUT2D eigenvalue weighted by atomic mass is 9.99. The molecule has 2 heteroatoms. The lowest BCUT2D eigenvalue weighted by Gasteiger charge is -2.08. The van der Waals surface area contributed by atoms with E-state index in [1.165, 1.54) is 46.3 Å². The number of hydrogen-bond donors (Lipinski definition) is 0. The smallest absolute Gasteiger partial charge is 0.0702 e. The fourth-order valence-electron chi connectivity index (χ4n) is 3.35. The van der Waals surface area contributed by atoms with Crippen molar-refractivity contribution in [3.05, 3.63) is 77.3 Å². The zero-order chi connectivity index (χ0) is 14.5. The number of fused-ring (bicyclic) bond motifs is 2. The molecule has 106 valence electrons. The predicted octanol–water partition coefficient (Wildman–Crippen LogP) is 4.50. The molecule has 5 rings (SSSR count). The Kier molecular flexibility index (Phi) is 2.48. The second kappa shape index (κ2) is 4.51. The second-order valence-electron chi connectivity index (χ2n) is 6.24. The molecule has 2 aliphatic rings. The summed E-state index contributed by atoms with van der Waals surface area (Å²) in [6, 6.07) is 15.1. The first kappa shape index (κ1) is 12.1. The van der Waals surface area contributed by atoms with Crippen LogP contribution in [0.3, 0.4) is 0 Å². The molecule has 1 aromatic carbocycles. The van der Waals surface area contributed by atoms with Crippen molar-refractivity contribution in [1.29, 1.82) is 0 Å². The van der Waals surface area contributed by atoms with Crippen LogP contribution in [0.5, 0.6) is 0 Å². The van der Waals surface area contributed by atoms with Crippen LogP contribution in [0.2, 0.25) is 0 Å². The van der Waals surface area contributed by atoms with Crippen LogP contribution in [0.15, 0.2) is 54.7 Å². The standard InChI is InChI=1S/C20H16N2/c1-2-15-12-14(5-8-18(15)21-11-1)16-6-10-20-17(16)7-9-19(22-20)13-3-4-13/h1-2,5-9,11-13H,3-4,10H2. The number of pyridine rings is 2. The molecule has 0 radical (unpaired) electrons. The third-order valence-corrected chi connectivity index (χ3v) is 4.70. The maximum absolute atomic E-state index is 4.89. The number of nitrogens with zero attached hydrogens (tertiary/aromatic N) is 2. The highest BCUT2D eigenvalue weighted by Crippen LogP contribution is 2.41. The summed E-state index contributed by atoms with van der Waals surface area (Å²) in [7, 11) is 0. The molecule has 0 spiro atoms. The van der Waals surface area contributed by atoms with Crippen LogP contribution in [0.4, 0.5) is 0 Å². The van der Waals surface area contributed by atoms with Crippen molar-refractivity contribution < 1.29 is 0 Å². The molecular formula is C20H16N2. The zero-order valence-corrected chi connectivity index (χ0v) is 12.3. The molecule has 0 saturated heterocycles. The van der Waals surface area contributed by atoms with Crippen molar-refractivity contribution >= 4 is 16.5 Å². The highest BCUT2D eigenvalue weighted by atomic mass is 14.7. The Morgan fingerprint density at radius 2 is 1.95 bits per heavy atom. The van der Waals surface area contributed by atoms with Crippen molar-refractivity contribution in [2.45, 2.75) is 25.2 Å². The summed E-state index contributed by atoms with van der Waals surface area (Å²) in [6.45, 7) is 0. The molecule has 0 bridgehead atoms. The fourth-order valence-corrected chi connectivity index (χ4v) is 3.35. The van der Waals surface area contributed by atoms with Crippen LogP contribution in [-0.4, -0.2) is 9.97 Å². The minimum Gasteiger partial charge on any atom is -0.257 e. The van der Waals surface area contributed by atoms with E-state index in [0.29, 0.717) is 0 Å². The van der Waals surface area contributed by atoms with Crippen LogP contribution < -0.4 is 0 Å². The molecule has 0 unspecified atom stereocenters. The van der Waals surface area contributed by atoms with Gasteiger partial charge in [-0.15, -0.1) is 0 Å². The van der Waals surface area contributed by atoms with Gasteiger partial charge < -0.3 is 0 Å². The van der Waals surface area contributed by atoms with Crippen molar-refractivity contribution in [3.63, 3.8) is 0 Å². The fraction of sp³-hybridized carbons (Fsp3) is 0.200. The Labute approximate surface area is 129 Å². The van der Waals surface area contributed by atoms with Crippen molar-refractivity contribution in [3.8, 4) is 0 Å². The van der Waals surface area contributed by atoms with Gasteiger partial charge in [0.1, 0.15) is 0 Å². The third kappa shape index (κ3) is 1.87. The van der Waals surface area contributed by atoms with Crippen LogP contribution in [0.25, 0.3) is 16.5 Å². The van der Waals surface area contributed by atoms with Gasteiger partial charge in [-0.25, -0.2) is 0 Å². The summed E-state index contributed by atoms with van der Waals surface area (Å²) >= 11 is 0. The van der Waals surface area contributed by atoms with Gasteiger partial charge in [-0.1, -0.05) is 24.3 Å². The van der Waals surface area contributed by atoms with Gasteiger partial charge >= 0.3 is 0 Å². The third-order valence-electron chi connectivity index (χ3n) is 4.70. The molecular weight excluding hydrogens is 268 g/mol. The molecule has 0 N–H and O–H groups in total. The lowest BCUT2D eigenvalue weighted by molar-refractivity contribution is 0.977. The van der Waals surface area contributed by atoms with Gasteiger partial charge in [0.2, 0.25) is 0 Å². The summed E-state index contributed by atoms with van der Waals surface area (Å²) in [5.41, 5.74) is 7.46. The zero-order valence-electron chi connectivity index (χ0n) is 12.3. The monoisotopic (exact) mass is 284 g/mol. The Morgan fingerprint density at radius 1 is 1.00 bits per heavy atom. The summed E-state index contributed by atoms with van der Waals surface area (Å²) in [5, 5.41) is 1.19. The second-order valence-corrected chi connectivity index (χ2v) is 6.24. The van der Waals surface area contributed by atoms with E-state index in [1.807, 2.05) is 12.3 Å². The lowest BCUT2D eigenvalue weighted by Crippen LogP contribution is -1.95. The normalized spacial score (nSPS) is 16.6. The van der Waals surface area contributed by atoms with E-state index in [4.69, 9.17) is 4.98 Å². The molecule has 0 atom stereocenters. The van der Waals surface area contributed by atoms with Gasteiger partial charge in [0.05, 0.1) is 11.2 Å². The summed E-state index contributed by atoms with van der Waals surface area (Å²) in [4.78, 5) is 9.29. The number of aromatic nitrogens is 2. The maximum atomic E-state index is 4.89. The van der Waals surface area contributed by atoms with Crippen molar-refractivity contribution in [1.82, 2.24) is 9.97 Å². The van der Waals surface area contributed by atoms with E-state index in [-0.39, 0.29) is 0 Å². The minimum absolute atomic E-state index is 0.723. The number of allylic oxidation sites excluding steroid dienone is 1. The summed E-state index contributed by atoms with van der Waals surface area (Å²) < 4.78 is 0. The first-order valence-corrected chi connectivity index (χ1v) is 7.94. The molecule has 2 aromatic heterocycles. The minimum atomic E-state index is 0.723. The van der Waals surface area contributed by atoms with Gasteiger partial charge in [0, 0.05) is 35.2 Å². The van der Waals surface area contributed by atoms with E-state index in [1.54, 1.807) is 0 Å². The summed E-state index contributed by atoms with van der Waals surface area (Å²) in [6.07, 6.45) is 7.73. The molecule has 2 aliphatic carbocycles. The average Bonchev–Trinajstić information content (AvgIpc) is 3.34. The van der Waals surface area contributed by atoms with Gasteiger partial charge in [-0.3, -0.25) is 9.97 Å². The Morgan fingerprint density at radius 3 is 2.86 bits per heavy atom. The number of benzene rings is 1. The SMILES string of the molecule is C1=C(c2ccc3ncccc3c2)c2ccc(C3CC3)nc2C1. The Bertz CT molecular complexity index is 920. The Hall–Kier alpha value is -2.48. The quantitative estimate of drug-likeness (QED) is 0.692. The number of hydrogen-bond acceptors (Lipinski definition) is 2. The molecule has 2 heterocycles.